The van der Waals surface area contributed by atoms with Gasteiger partial charge in [0.25, 0.3) is 0 Å². The number of methoxy groups -OCH3 is 4. The molecule has 0 saturated carbocycles. The molecule has 0 aliphatic heterocycles. The lowest BCUT2D eigenvalue weighted by Gasteiger charge is -2.15. The Hall–Kier alpha value is -3.41. The number of benzene rings is 3. The first-order chi connectivity index (χ1) is 13.0. The third-order valence-corrected chi connectivity index (χ3v) is 4.40. The number of hydrogen-bond donors (Lipinski definition) is 1. The zero-order valence-electron chi connectivity index (χ0n) is 15.5. The van der Waals surface area contributed by atoms with Crippen LogP contribution in [0.15, 0.2) is 42.5 Å². The Morgan fingerprint density at radius 3 is 1.93 bits per heavy atom. The first-order valence-corrected chi connectivity index (χ1v) is 8.17. The SMILES string of the molecule is COc1ccc(-c2cc(C(=O)O)cc3cc(OC)c(OC)cc23)cc1OC. The number of ether oxygens (including phenoxy) is 4. The number of carboxylic acid groups (broad SMARTS) is 1. The van der Waals surface area contributed by atoms with Gasteiger partial charge in [0, 0.05) is 0 Å². The van der Waals surface area contributed by atoms with Crippen LogP contribution in [0.25, 0.3) is 21.9 Å². The second-order valence-electron chi connectivity index (χ2n) is 5.83. The molecular weight excluding hydrogens is 348 g/mol. The van der Waals surface area contributed by atoms with Gasteiger partial charge in [-0.2, -0.15) is 0 Å². The van der Waals surface area contributed by atoms with Crippen LogP contribution in [0.5, 0.6) is 23.0 Å². The molecule has 0 heterocycles. The molecule has 3 rings (SSSR count). The predicted molar refractivity (Wildman–Crippen MR) is 103 cm³/mol. The molecule has 0 unspecified atom stereocenters. The highest BCUT2D eigenvalue weighted by molar-refractivity contribution is 6.04. The van der Waals surface area contributed by atoms with E-state index < -0.39 is 5.97 Å². The largest absolute Gasteiger partial charge is 0.493 e. The number of carboxylic acids is 1. The van der Waals surface area contributed by atoms with E-state index in [1.807, 2.05) is 18.2 Å². The van der Waals surface area contributed by atoms with E-state index in [1.54, 1.807) is 52.7 Å². The second-order valence-corrected chi connectivity index (χ2v) is 5.83. The molecule has 0 saturated heterocycles. The quantitative estimate of drug-likeness (QED) is 0.701. The molecule has 0 aliphatic rings. The summed E-state index contributed by atoms with van der Waals surface area (Å²) < 4.78 is 21.4. The maximum Gasteiger partial charge on any atom is 0.335 e. The van der Waals surface area contributed by atoms with Crippen LogP contribution in [-0.2, 0) is 0 Å². The van der Waals surface area contributed by atoms with Crippen molar-refractivity contribution in [3.8, 4) is 34.1 Å². The van der Waals surface area contributed by atoms with Gasteiger partial charge in [-0.15, -0.1) is 0 Å². The number of aromatic carboxylic acids is 1. The van der Waals surface area contributed by atoms with Crippen molar-refractivity contribution in [2.45, 2.75) is 0 Å². The van der Waals surface area contributed by atoms with Gasteiger partial charge in [-0.05, 0) is 58.3 Å². The summed E-state index contributed by atoms with van der Waals surface area (Å²) >= 11 is 0. The van der Waals surface area contributed by atoms with Gasteiger partial charge in [0.05, 0.1) is 34.0 Å². The van der Waals surface area contributed by atoms with Gasteiger partial charge in [-0.1, -0.05) is 6.07 Å². The van der Waals surface area contributed by atoms with Crippen LogP contribution in [0.3, 0.4) is 0 Å². The first-order valence-electron chi connectivity index (χ1n) is 8.17. The zero-order chi connectivity index (χ0) is 19.6. The molecule has 0 fully saturated rings. The molecule has 1 N–H and O–H groups in total. The molecule has 3 aromatic rings. The Bertz CT molecular complexity index is 1010. The summed E-state index contributed by atoms with van der Waals surface area (Å²) in [5.74, 6) is 1.25. The third kappa shape index (κ3) is 3.33. The maximum absolute atomic E-state index is 11.6. The molecule has 0 bridgehead atoms. The molecule has 0 atom stereocenters. The van der Waals surface area contributed by atoms with Crippen molar-refractivity contribution < 1.29 is 28.8 Å². The Labute approximate surface area is 156 Å². The van der Waals surface area contributed by atoms with Crippen LogP contribution < -0.4 is 18.9 Å². The Morgan fingerprint density at radius 1 is 0.741 bits per heavy atom. The van der Waals surface area contributed by atoms with Gasteiger partial charge >= 0.3 is 5.97 Å². The van der Waals surface area contributed by atoms with Crippen molar-refractivity contribution in [3.05, 3.63) is 48.0 Å². The highest BCUT2D eigenvalue weighted by atomic mass is 16.5. The molecule has 6 nitrogen and oxygen atoms in total. The highest BCUT2D eigenvalue weighted by Crippen LogP contribution is 2.40. The van der Waals surface area contributed by atoms with Crippen LogP contribution >= 0.6 is 0 Å². The number of hydrogen-bond acceptors (Lipinski definition) is 5. The summed E-state index contributed by atoms with van der Waals surface area (Å²) in [5.41, 5.74) is 1.72. The van der Waals surface area contributed by atoms with Gasteiger partial charge < -0.3 is 24.1 Å². The molecule has 6 heteroatoms. The molecular formula is C21H20O6. The average Bonchev–Trinajstić information content (AvgIpc) is 2.70. The topological polar surface area (TPSA) is 74.2 Å². The lowest BCUT2D eigenvalue weighted by atomic mass is 9.94. The van der Waals surface area contributed by atoms with E-state index in [2.05, 4.69) is 0 Å². The lowest BCUT2D eigenvalue weighted by molar-refractivity contribution is 0.0697. The van der Waals surface area contributed by atoms with Crippen molar-refractivity contribution in [2.24, 2.45) is 0 Å². The summed E-state index contributed by atoms with van der Waals surface area (Å²) in [7, 11) is 6.22. The summed E-state index contributed by atoms with van der Waals surface area (Å²) in [6.07, 6.45) is 0. The van der Waals surface area contributed by atoms with Crippen molar-refractivity contribution in [1.29, 1.82) is 0 Å². The molecule has 0 spiro atoms. The van der Waals surface area contributed by atoms with Crippen molar-refractivity contribution in [2.75, 3.05) is 28.4 Å². The minimum absolute atomic E-state index is 0.180. The third-order valence-electron chi connectivity index (χ3n) is 4.40. The van der Waals surface area contributed by atoms with Gasteiger partial charge in [-0.3, -0.25) is 0 Å². The maximum atomic E-state index is 11.6. The fraction of sp³-hybridized carbons (Fsp3) is 0.190. The van der Waals surface area contributed by atoms with Crippen LogP contribution in [0.1, 0.15) is 10.4 Å². The van der Waals surface area contributed by atoms with E-state index in [0.717, 1.165) is 21.9 Å². The van der Waals surface area contributed by atoms with Crippen LogP contribution in [-0.4, -0.2) is 39.5 Å². The molecule has 27 heavy (non-hydrogen) atoms. The summed E-state index contributed by atoms with van der Waals surface area (Å²) in [6, 6.07) is 12.3. The van der Waals surface area contributed by atoms with E-state index in [-0.39, 0.29) is 5.56 Å². The normalized spacial score (nSPS) is 10.5. The standard InChI is InChI=1S/C21H20O6/c1-24-17-6-5-12(9-18(17)25-2)15-8-14(21(22)23)7-13-10-19(26-3)20(27-4)11-16(13)15/h5-11H,1-4H3,(H,22,23). The summed E-state index contributed by atoms with van der Waals surface area (Å²) in [5, 5.41) is 11.1. The molecule has 0 aliphatic carbocycles. The Morgan fingerprint density at radius 2 is 1.33 bits per heavy atom. The van der Waals surface area contributed by atoms with E-state index >= 15 is 0 Å². The molecule has 0 aromatic heterocycles. The first kappa shape index (κ1) is 18.4. The molecule has 0 radical (unpaired) electrons. The monoisotopic (exact) mass is 368 g/mol. The van der Waals surface area contributed by atoms with Crippen molar-refractivity contribution in [3.63, 3.8) is 0 Å². The fourth-order valence-corrected chi connectivity index (χ4v) is 3.06. The van der Waals surface area contributed by atoms with Crippen LogP contribution in [0, 0.1) is 0 Å². The molecule has 0 amide bonds. The second kappa shape index (κ2) is 7.45. The Balaban J connectivity index is 2.34. The van der Waals surface area contributed by atoms with E-state index in [4.69, 9.17) is 18.9 Å². The zero-order valence-corrected chi connectivity index (χ0v) is 15.5. The van der Waals surface area contributed by atoms with Crippen LogP contribution in [0.4, 0.5) is 0 Å². The highest BCUT2D eigenvalue weighted by Gasteiger charge is 2.16. The average molecular weight is 368 g/mol. The molecule has 140 valence electrons. The lowest BCUT2D eigenvalue weighted by Crippen LogP contribution is -1.99. The van der Waals surface area contributed by atoms with Crippen molar-refractivity contribution >= 4 is 16.7 Å². The van der Waals surface area contributed by atoms with Crippen LogP contribution in [0.2, 0.25) is 0 Å². The summed E-state index contributed by atoms with van der Waals surface area (Å²) in [4.78, 5) is 11.6. The molecule has 3 aromatic carbocycles. The van der Waals surface area contributed by atoms with E-state index in [9.17, 15) is 9.90 Å². The van der Waals surface area contributed by atoms with Gasteiger partial charge in [-0.25, -0.2) is 4.79 Å². The van der Waals surface area contributed by atoms with E-state index in [1.165, 1.54) is 0 Å². The minimum Gasteiger partial charge on any atom is -0.493 e. The Kier molecular flexibility index (Phi) is 5.07. The van der Waals surface area contributed by atoms with Crippen molar-refractivity contribution in [1.82, 2.24) is 0 Å². The van der Waals surface area contributed by atoms with Gasteiger partial charge in [0.2, 0.25) is 0 Å². The van der Waals surface area contributed by atoms with Gasteiger partial charge in [0.15, 0.2) is 23.0 Å². The minimum atomic E-state index is -1.01. The number of carbonyl (C=O) groups is 1. The number of fused-ring (bicyclic) bond motifs is 1. The number of rotatable bonds is 6. The summed E-state index contributed by atoms with van der Waals surface area (Å²) in [6.45, 7) is 0. The van der Waals surface area contributed by atoms with E-state index in [0.29, 0.717) is 23.0 Å². The predicted octanol–water partition coefficient (Wildman–Crippen LogP) is 4.24. The van der Waals surface area contributed by atoms with Gasteiger partial charge in [0.1, 0.15) is 0 Å². The smallest absolute Gasteiger partial charge is 0.335 e. The fourth-order valence-electron chi connectivity index (χ4n) is 3.06.